The third-order valence-electron chi connectivity index (χ3n) is 2.85. The molecule has 0 amide bonds. The maximum atomic E-state index is 13.0. The highest BCUT2D eigenvalue weighted by Crippen LogP contribution is 2.68. The van der Waals surface area contributed by atoms with Crippen LogP contribution >= 0.6 is 0 Å². The predicted octanol–water partition coefficient (Wildman–Crippen LogP) is 0.0141. The molecule has 0 aromatic heterocycles. The number of methoxy groups -OCH3 is 1. The summed E-state index contributed by atoms with van der Waals surface area (Å²) in [5, 5.41) is 2.75. The number of piperidine rings is 1. The van der Waals surface area contributed by atoms with Crippen LogP contribution in [0.5, 0.6) is 0 Å². The first-order valence-corrected chi connectivity index (χ1v) is 3.74. The number of carbonyl (C=O) groups excluding carboxylic acids is 1. The smallest absolute Gasteiger partial charge is 0.319 e. The summed E-state index contributed by atoms with van der Waals surface area (Å²) in [6.45, 7) is 0.249. The Morgan fingerprint density at radius 2 is 2.33 bits per heavy atom. The number of rotatable bonds is 1. The molecule has 1 heterocycles. The Bertz CT molecular complexity index is 244. The van der Waals surface area contributed by atoms with Crippen molar-refractivity contribution in [2.45, 2.75) is 5.92 Å². The fourth-order valence-electron chi connectivity index (χ4n) is 2.02. The molecule has 12 heavy (non-hydrogen) atoms. The largest absolute Gasteiger partial charge is 0.468 e. The number of ether oxygens (including phenoxy) is 1. The molecule has 1 aliphatic heterocycles. The second-order valence-electron chi connectivity index (χ2n) is 3.27. The van der Waals surface area contributed by atoms with Gasteiger partial charge in [-0.25, -0.2) is 8.78 Å². The molecule has 0 radical (unpaired) electrons. The lowest BCUT2D eigenvalue weighted by atomic mass is 10.1. The molecule has 2 unspecified atom stereocenters. The summed E-state index contributed by atoms with van der Waals surface area (Å²) in [5.41, 5.74) is -1.54. The second-order valence-corrected chi connectivity index (χ2v) is 3.27. The van der Waals surface area contributed by atoms with E-state index < -0.39 is 23.2 Å². The zero-order valence-corrected chi connectivity index (χ0v) is 6.56. The molecular formula is C7H9F2NO2. The molecule has 1 N–H and O–H groups in total. The number of hydrogen-bond donors (Lipinski definition) is 1. The highest BCUT2D eigenvalue weighted by Gasteiger charge is 2.87. The lowest BCUT2D eigenvalue weighted by Gasteiger charge is -2.10. The van der Waals surface area contributed by atoms with Gasteiger partial charge in [-0.15, -0.1) is 0 Å². The van der Waals surface area contributed by atoms with Gasteiger partial charge < -0.3 is 10.1 Å². The Balaban J connectivity index is 2.27. The van der Waals surface area contributed by atoms with Gasteiger partial charge in [0.15, 0.2) is 5.41 Å². The average Bonchev–Trinajstić information content (AvgIpc) is 2.48. The summed E-state index contributed by atoms with van der Waals surface area (Å²) in [6.07, 6.45) is 0. The third-order valence-corrected chi connectivity index (χ3v) is 2.85. The Morgan fingerprint density at radius 1 is 1.67 bits per heavy atom. The number of hydrogen-bond acceptors (Lipinski definition) is 3. The molecule has 2 fully saturated rings. The summed E-state index contributed by atoms with van der Waals surface area (Å²) >= 11 is 0. The molecule has 68 valence electrons. The SMILES string of the molecule is COC(=O)C12CNCC1C2(F)F. The van der Waals surface area contributed by atoms with Gasteiger partial charge in [0.2, 0.25) is 0 Å². The lowest BCUT2D eigenvalue weighted by molar-refractivity contribution is -0.150. The maximum absolute atomic E-state index is 13.0. The topological polar surface area (TPSA) is 38.3 Å². The van der Waals surface area contributed by atoms with Crippen LogP contribution in [0.4, 0.5) is 8.78 Å². The van der Waals surface area contributed by atoms with Crippen molar-refractivity contribution in [1.29, 1.82) is 0 Å². The van der Waals surface area contributed by atoms with Crippen molar-refractivity contribution in [3.05, 3.63) is 0 Å². The van der Waals surface area contributed by atoms with Gasteiger partial charge in [0.25, 0.3) is 5.92 Å². The minimum atomic E-state index is -2.86. The summed E-state index contributed by atoms with van der Waals surface area (Å²) in [7, 11) is 1.14. The van der Waals surface area contributed by atoms with Crippen LogP contribution in [0, 0.1) is 11.3 Å². The van der Waals surface area contributed by atoms with E-state index in [1.165, 1.54) is 0 Å². The van der Waals surface area contributed by atoms with Crippen LogP contribution in [-0.4, -0.2) is 32.1 Å². The van der Waals surface area contributed by atoms with Crippen molar-refractivity contribution in [1.82, 2.24) is 5.32 Å². The summed E-state index contributed by atoms with van der Waals surface area (Å²) in [6, 6.07) is 0. The van der Waals surface area contributed by atoms with Crippen LogP contribution in [0.1, 0.15) is 0 Å². The Morgan fingerprint density at radius 3 is 2.75 bits per heavy atom. The summed E-state index contributed by atoms with van der Waals surface area (Å²) < 4.78 is 30.3. The molecule has 2 rings (SSSR count). The van der Waals surface area contributed by atoms with Crippen LogP contribution in [0.3, 0.4) is 0 Å². The van der Waals surface area contributed by atoms with Crippen LogP contribution in [0.25, 0.3) is 0 Å². The molecule has 1 saturated carbocycles. The van der Waals surface area contributed by atoms with Gasteiger partial charge >= 0.3 is 5.97 Å². The molecule has 2 atom stereocenters. The predicted molar refractivity (Wildman–Crippen MR) is 35.8 cm³/mol. The average molecular weight is 177 g/mol. The molecule has 3 nitrogen and oxygen atoms in total. The number of carbonyl (C=O) groups is 1. The molecule has 0 aromatic rings. The van der Waals surface area contributed by atoms with Gasteiger partial charge in [-0.05, 0) is 0 Å². The Hall–Kier alpha value is -0.710. The zero-order chi connectivity index (χ0) is 8.98. The van der Waals surface area contributed by atoms with E-state index in [2.05, 4.69) is 10.1 Å². The quantitative estimate of drug-likeness (QED) is 0.573. The van der Waals surface area contributed by atoms with Crippen LogP contribution in [-0.2, 0) is 9.53 Å². The number of alkyl halides is 2. The minimum Gasteiger partial charge on any atom is -0.468 e. The van der Waals surface area contributed by atoms with Crippen LogP contribution in [0.15, 0.2) is 0 Å². The van der Waals surface area contributed by atoms with Crippen molar-refractivity contribution in [2.24, 2.45) is 11.3 Å². The van der Waals surface area contributed by atoms with Gasteiger partial charge in [0.05, 0.1) is 13.0 Å². The highest BCUT2D eigenvalue weighted by atomic mass is 19.3. The van der Waals surface area contributed by atoms with Gasteiger partial charge in [0, 0.05) is 13.1 Å². The monoisotopic (exact) mass is 177 g/mol. The van der Waals surface area contributed by atoms with Gasteiger partial charge in [0.1, 0.15) is 0 Å². The van der Waals surface area contributed by atoms with E-state index in [1.54, 1.807) is 0 Å². The number of halogens is 2. The first-order valence-electron chi connectivity index (χ1n) is 3.74. The van der Waals surface area contributed by atoms with Crippen LogP contribution in [0.2, 0.25) is 0 Å². The fourth-order valence-corrected chi connectivity index (χ4v) is 2.02. The maximum Gasteiger partial charge on any atom is 0.319 e. The second kappa shape index (κ2) is 1.96. The summed E-state index contributed by atoms with van der Waals surface area (Å²) in [5.74, 6) is -4.49. The minimum absolute atomic E-state index is 0.0390. The zero-order valence-electron chi connectivity index (χ0n) is 6.56. The molecule has 0 aromatic carbocycles. The molecule has 1 saturated heterocycles. The normalized spacial score (nSPS) is 42.1. The highest BCUT2D eigenvalue weighted by molar-refractivity contribution is 5.84. The van der Waals surface area contributed by atoms with Crippen molar-refractivity contribution in [3.63, 3.8) is 0 Å². The molecule has 0 spiro atoms. The molecule has 5 heteroatoms. The van der Waals surface area contributed by atoms with E-state index in [0.717, 1.165) is 7.11 Å². The van der Waals surface area contributed by atoms with Gasteiger partial charge in [-0.2, -0.15) is 0 Å². The molecule has 2 aliphatic rings. The van der Waals surface area contributed by atoms with Crippen molar-refractivity contribution in [2.75, 3.05) is 20.2 Å². The van der Waals surface area contributed by atoms with Gasteiger partial charge in [-0.3, -0.25) is 4.79 Å². The first kappa shape index (κ1) is 7.91. The molecule has 0 bridgehead atoms. The number of nitrogens with one attached hydrogen (secondary N) is 1. The Labute approximate surface area is 68.1 Å². The van der Waals surface area contributed by atoms with Crippen molar-refractivity contribution < 1.29 is 18.3 Å². The fraction of sp³-hybridized carbons (Fsp3) is 0.857. The van der Waals surface area contributed by atoms with E-state index in [9.17, 15) is 13.6 Å². The van der Waals surface area contributed by atoms with E-state index in [-0.39, 0.29) is 13.1 Å². The van der Waals surface area contributed by atoms with E-state index >= 15 is 0 Å². The number of esters is 1. The molecule has 1 aliphatic carbocycles. The van der Waals surface area contributed by atoms with Crippen LogP contribution < -0.4 is 5.32 Å². The Kier molecular flexibility index (Phi) is 1.29. The lowest BCUT2D eigenvalue weighted by Crippen LogP contribution is -2.32. The number of fused-ring (bicyclic) bond motifs is 1. The van der Waals surface area contributed by atoms with E-state index in [4.69, 9.17) is 0 Å². The van der Waals surface area contributed by atoms with E-state index in [1.807, 2.05) is 0 Å². The van der Waals surface area contributed by atoms with Gasteiger partial charge in [-0.1, -0.05) is 0 Å². The van der Waals surface area contributed by atoms with E-state index in [0.29, 0.717) is 0 Å². The summed E-state index contributed by atoms with van der Waals surface area (Å²) in [4.78, 5) is 11.1. The van der Waals surface area contributed by atoms with Crippen molar-refractivity contribution >= 4 is 5.97 Å². The first-order chi connectivity index (χ1) is 5.57. The molecular weight excluding hydrogens is 168 g/mol. The third kappa shape index (κ3) is 0.576. The van der Waals surface area contributed by atoms with Crippen molar-refractivity contribution in [3.8, 4) is 0 Å². The standard InChI is InChI=1S/C7H9F2NO2/c1-12-5(11)6-3-10-2-4(6)7(6,8)9/h4,10H,2-3H2,1H3.